The standard InChI is InChI=1S/C17H16FN3O3S/c1-10-5-7-14(9-15(10)18)21-25(22,23)16-8-13(6-4-11(16)2)17-19-12(3)20-24-17/h4-9,21H,1-3H3. The van der Waals surface area contributed by atoms with Gasteiger partial charge in [-0.3, -0.25) is 4.72 Å². The number of hydrogen-bond donors (Lipinski definition) is 1. The molecule has 3 rings (SSSR count). The van der Waals surface area contributed by atoms with Crippen molar-refractivity contribution in [2.45, 2.75) is 25.7 Å². The van der Waals surface area contributed by atoms with Crippen LogP contribution in [0.25, 0.3) is 11.5 Å². The number of nitrogens with one attached hydrogen (secondary N) is 1. The number of benzene rings is 2. The van der Waals surface area contributed by atoms with Gasteiger partial charge in [-0.15, -0.1) is 0 Å². The van der Waals surface area contributed by atoms with Crippen molar-refractivity contribution in [2.24, 2.45) is 0 Å². The van der Waals surface area contributed by atoms with Crippen molar-refractivity contribution in [3.8, 4) is 11.5 Å². The van der Waals surface area contributed by atoms with Crippen LogP contribution in [0.3, 0.4) is 0 Å². The van der Waals surface area contributed by atoms with Crippen molar-refractivity contribution in [2.75, 3.05) is 4.72 Å². The molecule has 1 heterocycles. The Hall–Kier alpha value is -2.74. The maximum atomic E-state index is 13.7. The first-order chi connectivity index (χ1) is 11.8. The molecule has 0 amide bonds. The van der Waals surface area contributed by atoms with Crippen molar-refractivity contribution < 1.29 is 17.3 Å². The van der Waals surface area contributed by atoms with E-state index in [2.05, 4.69) is 14.9 Å². The fourth-order valence-electron chi connectivity index (χ4n) is 2.30. The number of rotatable bonds is 4. The molecule has 8 heteroatoms. The van der Waals surface area contributed by atoms with Gasteiger partial charge in [0.05, 0.1) is 10.6 Å². The third-order valence-corrected chi connectivity index (χ3v) is 5.20. The average molecular weight is 361 g/mol. The summed E-state index contributed by atoms with van der Waals surface area (Å²) in [5.74, 6) is 0.204. The number of nitrogens with zero attached hydrogens (tertiary/aromatic N) is 2. The van der Waals surface area contributed by atoms with Crippen LogP contribution in [0.2, 0.25) is 0 Å². The van der Waals surface area contributed by atoms with Crippen molar-refractivity contribution in [1.29, 1.82) is 0 Å². The minimum Gasteiger partial charge on any atom is -0.334 e. The lowest BCUT2D eigenvalue weighted by atomic mass is 10.1. The summed E-state index contributed by atoms with van der Waals surface area (Å²) < 4.78 is 46.5. The maximum Gasteiger partial charge on any atom is 0.262 e. The summed E-state index contributed by atoms with van der Waals surface area (Å²) in [5, 5.41) is 3.70. The third-order valence-electron chi connectivity index (χ3n) is 3.68. The zero-order chi connectivity index (χ0) is 18.2. The summed E-state index contributed by atoms with van der Waals surface area (Å²) in [4.78, 5) is 4.15. The van der Waals surface area contributed by atoms with Crippen LogP contribution in [0.1, 0.15) is 17.0 Å². The molecule has 1 N–H and O–H groups in total. The zero-order valence-corrected chi connectivity index (χ0v) is 14.7. The van der Waals surface area contributed by atoms with Gasteiger partial charge in [0, 0.05) is 5.56 Å². The lowest BCUT2D eigenvalue weighted by Crippen LogP contribution is -2.14. The van der Waals surface area contributed by atoms with E-state index in [1.165, 1.54) is 18.2 Å². The summed E-state index contributed by atoms with van der Waals surface area (Å²) in [6, 6.07) is 8.98. The largest absolute Gasteiger partial charge is 0.334 e. The van der Waals surface area contributed by atoms with Crippen molar-refractivity contribution in [3.05, 3.63) is 59.2 Å². The van der Waals surface area contributed by atoms with Crippen LogP contribution in [0.15, 0.2) is 45.8 Å². The zero-order valence-electron chi connectivity index (χ0n) is 13.9. The summed E-state index contributed by atoms with van der Waals surface area (Å²) in [7, 11) is -3.90. The molecule has 0 unspecified atom stereocenters. The normalized spacial score (nSPS) is 11.5. The van der Waals surface area contributed by atoms with Crippen molar-refractivity contribution in [3.63, 3.8) is 0 Å². The number of aryl methyl sites for hydroxylation is 3. The van der Waals surface area contributed by atoms with Crippen LogP contribution in [-0.4, -0.2) is 18.6 Å². The smallest absolute Gasteiger partial charge is 0.262 e. The monoisotopic (exact) mass is 361 g/mol. The molecule has 6 nitrogen and oxygen atoms in total. The highest BCUT2D eigenvalue weighted by Crippen LogP contribution is 2.26. The lowest BCUT2D eigenvalue weighted by Gasteiger charge is -2.11. The van der Waals surface area contributed by atoms with E-state index in [9.17, 15) is 12.8 Å². The van der Waals surface area contributed by atoms with Gasteiger partial charge in [0.2, 0.25) is 0 Å². The Morgan fingerprint density at radius 2 is 1.76 bits per heavy atom. The second-order valence-corrected chi connectivity index (χ2v) is 7.35. The molecule has 0 aliphatic rings. The third kappa shape index (κ3) is 3.53. The molecule has 0 aliphatic heterocycles. The molecule has 0 spiro atoms. The molecule has 25 heavy (non-hydrogen) atoms. The number of anilines is 1. The van der Waals surface area contributed by atoms with Gasteiger partial charge in [0.15, 0.2) is 5.82 Å². The second-order valence-electron chi connectivity index (χ2n) is 5.70. The fraction of sp³-hybridized carbons (Fsp3) is 0.176. The van der Waals surface area contributed by atoms with E-state index in [4.69, 9.17) is 4.52 Å². The first-order valence-corrected chi connectivity index (χ1v) is 8.95. The molecule has 130 valence electrons. The highest BCUT2D eigenvalue weighted by atomic mass is 32.2. The fourth-order valence-corrected chi connectivity index (χ4v) is 3.62. The summed E-state index contributed by atoms with van der Waals surface area (Å²) in [5.41, 5.74) is 1.62. The van der Waals surface area contributed by atoms with E-state index >= 15 is 0 Å². The Balaban J connectivity index is 2.00. The van der Waals surface area contributed by atoms with Gasteiger partial charge in [0.1, 0.15) is 5.82 Å². The van der Waals surface area contributed by atoms with Crippen LogP contribution in [0, 0.1) is 26.6 Å². The van der Waals surface area contributed by atoms with Crippen molar-refractivity contribution in [1.82, 2.24) is 10.1 Å². The van der Waals surface area contributed by atoms with E-state index in [0.717, 1.165) is 6.07 Å². The number of hydrogen-bond acceptors (Lipinski definition) is 5. The molecular formula is C17H16FN3O3S. The molecule has 0 saturated carbocycles. The molecule has 0 aliphatic carbocycles. The summed E-state index contributed by atoms with van der Waals surface area (Å²) in [6.45, 7) is 4.95. The molecule has 2 aromatic carbocycles. The van der Waals surface area contributed by atoms with E-state index in [1.54, 1.807) is 32.9 Å². The summed E-state index contributed by atoms with van der Waals surface area (Å²) >= 11 is 0. The van der Waals surface area contributed by atoms with Gasteiger partial charge in [-0.05, 0) is 56.2 Å². The van der Waals surface area contributed by atoms with E-state index in [-0.39, 0.29) is 16.5 Å². The molecule has 0 saturated heterocycles. The van der Waals surface area contributed by atoms with Crippen LogP contribution in [0.5, 0.6) is 0 Å². The predicted molar refractivity (Wildman–Crippen MR) is 91.2 cm³/mol. The first-order valence-electron chi connectivity index (χ1n) is 7.46. The SMILES string of the molecule is Cc1noc(-c2ccc(C)c(S(=O)(=O)Nc3ccc(C)c(F)c3)c2)n1. The average Bonchev–Trinajstić information content (AvgIpc) is 2.97. The molecule has 0 fully saturated rings. The van der Waals surface area contributed by atoms with Crippen LogP contribution >= 0.6 is 0 Å². The minimum absolute atomic E-state index is 0.0573. The van der Waals surface area contributed by atoms with Gasteiger partial charge >= 0.3 is 0 Å². The minimum atomic E-state index is -3.90. The van der Waals surface area contributed by atoms with E-state index in [0.29, 0.717) is 22.5 Å². The van der Waals surface area contributed by atoms with E-state index < -0.39 is 15.8 Å². The number of sulfonamides is 1. The molecular weight excluding hydrogens is 345 g/mol. The maximum absolute atomic E-state index is 13.7. The molecule has 0 bridgehead atoms. The van der Waals surface area contributed by atoms with Gasteiger partial charge < -0.3 is 4.52 Å². The Morgan fingerprint density at radius 3 is 2.40 bits per heavy atom. The molecule has 0 atom stereocenters. The molecule has 3 aromatic rings. The van der Waals surface area contributed by atoms with Crippen LogP contribution in [0.4, 0.5) is 10.1 Å². The van der Waals surface area contributed by atoms with Crippen LogP contribution < -0.4 is 4.72 Å². The Labute approximate surface area is 144 Å². The van der Waals surface area contributed by atoms with E-state index in [1.807, 2.05) is 0 Å². The van der Waals surface area contributed by atoms with Crippen molar-refractivity contribution >= 4 is 15.7 Å². The predicted octanol–water partition coefficient (Wildman–Crippen LogP) is 3.60. The van der Waals surface area contributed by atoms with Gasteiger partial charge in [-0.2, -0.15) is 4.98 Å². The van der Waals surface area contributed by atoms with Gasteiger partial charge in [0.25, 0.3) is 15.9 Å². The Kier molecular flexibility index (Phi) is 4.30. The highest BCUT2D eigenvalue weighted by Gasteiger charge is 2.20. The Morgan fingerprint density at radius 1 is 1.04 bits per heavy atom. The lowest BCUT2D eigenvalue weighted by molar-refractivity contribution is 0.425. The quantitative estimate of drug-likeness (QED) is 0.767. The summed E-state index contributed by atoms with van der Waals surface area (Å²) in [6.07, 6.45) is 0. The number of halogens is 1. The second kappa shape index (κ2) is 6.29. The van der Waals surface area contributed by atoms with Gasteiger partial charge in [-0.25, -0.2) is 12.8 Å². The molecule has 1 aromatic heterocycles. The first kappa shape index (κ1) is 17.1. The van der Waals surface area contributed by atoms with Gasteiger partial charge in [-0.1, -0.05) is 17.3 Å². The van der Waals surface area contributed by atoms with Crippen LogP contribution in [-0.2, 0) is 10.0 Å². The number of aromatic nitrogens is 2. The highest BCUT2D eigenvalue weighted by molar-refractivity contribution is 7.92. The Bertz CT molecular complexity index is 1050. The topological polar surface area (TPSA) is 85.1 Å². The molecule has 0 radical (unpaired) electrons.